The molecule has 0 spiro atoms. The first-order chi connectivity index (χ1) is 11.6. The molecule has 1 unspecified atom stereocenters. The molecule has 1 fully saturated rings. The zero-order valence-corrected chi connectivity index (χ0v) is 16.2. The molecule has 1 aliphatic heterocycles. The molecule has 1 aliphatic rings. The van der Waals surface area contributed by atoms with Crippen LogP contribution in [0.5, 0.6) is 0 Å². The van der Waals surface area contributed by atoms with E-state index in [0.717, 1.165) is 12.8 Å². The predicted octanol–water partition coefficient (Wildman–Crippen LogP) is 2.96. The first-order valence-corrected chi connectivity index (χ1v) is 9.98. The molecule has 1 saturated heterocycles. The van der Waals surface area contributed by atoms with Gasteiger partial charge in [0.25, 0.3) is 5.91 Å². The second kappa shape index (κ2) is 7.91. The number of nitrogens with two attached hydrogens (primary N) is 1. The molecule has 0 saturated carbocycles. The zero-order valence-electron chi connectivity index (χ0n) is 15.4. The van der Waals surface area contributed by atoms with E-state index >= 15 is 0 Å². The molecular formula is C18H28FN3O2S. The number of rotatable bonds is 6. The number of aromatic nitrogens is 1. The average Bonchev–Trinajstić information content (AvgIpc) is 2.86. The van der Waals surface area contributed by atoms with Crippen molar-refractivity contribution < 1.29 is 13.4 Å². The Labute approximate surface area is 151 Å². The summed E-state index contributed by atoms with van der Waals surface area (Å²) in [5, 5.41) is 5.46. The second-order valence-corrected chi connectivity index (χ2v) is 9.25. The van der Waals surface area contributed by atoms with Crippen LogP contribution in [0.1, 0.15) is 69.4 Å². The number of aryl methyl sites for hydroxylation is 1. The molecule has 0 radical (unpaired) electrons. The Morgan fingerprint density at radius 2 is 2.00 bits per heavy atom. The molecule has 3 atom stereocenters. The maximum absolute atomic E-state index is 14.4. The number of halogens is 1. The van der Waals surface area contributed by atoms with Crippen LogP contribution >= 0.6 is 0 Å². The summed E-state index contributed by atoms with van der Waals surface area (Å²) in [6.45, 7) is 7.69. The summed E-state index contributed by atoms with van der Waals surface area (Å²) in [6.07, 6.45) is 5.08. The van der Waals surface area contributed by atoms with Crippen molar-refractivity contribution in [3.63, 3.8) is 0 Å². The summed E-state index contributed by atoms with van der Waals surface area (Å²) >= 11 is 0. The van der Waals surface area contributed by atoms with Crippen molar-refractivity contribution in [3.8, 4) is 0 Å². The van der Waals surface area contributed by atoms with E-state index in [9.17, 15) is 13.4 Å². The quantitative estimate of drug-likeness (QED) is 0.837. The van der Waals surface area contributed by atoms with Gasteiger partial charge in [-0.3, -0.25) is 14.9 Å². The highest BCUT2D eigenvalue weighted by molar-refractivity contribution is 7.84. The van der Waals surface area contributed by atoms with Gasteiger partial charge in [-0.1, -0.05) is 0 Å². The van der Waals surface area contributed by atoms with Crippen LogP contribution in [-0.2, 0) is 17.4 Å². The summed E-state index contributed by atoms with van der Waals surface area (Å²) < 4.78 is 25.3. The van der Waals surface area contributed by atoms with Crippen molar-refractivity contribution in [3.05, 3.63) is 29.3 Å². The molecule has 1 aromatic heterocycles. The molecular weight excluding hydrogens is 341 g/mol. The van der Waals surface area contributed by atoms with Crippen LogP contribution in [0, 0.1) is 5.82 Å². The van der Waals surface area contributed by atoms with E-state index in [1.807, 2.05) is 32.6 Å². The van der Waals surface area contributed by atoms with Gasteiger partial charge < -0.3 is 4.90 Å². The Morgan fingerprint density at radius 3 is 2.52 bits per heavy atom. The number of amides is 1. The Morgan fingerprint density at radius 1 is 1.40 bits per heavy atom. The van der Waals surface area contributed by atoms with Crippen LogP contribution in [0.2, 0.25) is 0 Å². The molecule has 25 heavy (non-hydrogen) atoms. The third kappa shape index (κ3) is 4.64. The van der Waals surface area contributed by atoms with Crippen molar-refractivity contribution in [2.24, 2.45) is 5.14 Å². The maximum atomic E-state index is 14.4. The van der Waals surface area contributed by atoms with Crippen molar-refractivity contribution in [2.75, 3.05) is 0 Å². The van der Waals surface area contributed by atoms with E-state index in [-0.39, 0.29) is 18.0 Å². The summed E-state index contributed by atoms with van der Waals surface area (Å²) in [4.78, 5) is 18.6. The Kier molecular flexibility index (Phi) is 6.32. The monoisotopic (exact) mass is 369 g/mol. The van der Waals surface area contributed by atoms with Crippen molar-refractivity contribution in [1.82, 2.24) is 9.88 Å². The number of carbonyl (C=O) groups excluding carboxylic acids is 1. The van der Waals surface area contributed by atoms with Gasteiger partial charge in [-0.25, -0.2) is 8.60 Å². The lowest BCUT2D eigenvalue weighted by atomic mass is 10.0. The molecule has 2 rings (SSSR count). The van der Waals surface area contributed by atoms with Gasteiger partial charge in [0, 0.05) is 18.3 Å². The highest BCUT2D eigenvalue weighted by Crippen LogP contribution is 2.26. The van der Waals surface area contributed by atoms with Crippen molar-refractivity contribution >= 4 is 16.9 Å². The SMILES string of the molecule is C[C@@H]1CC[C@H](C)N1C(=O)c1cnc(CCCC(C)(C)S(N)=O)c(F)c1. The zero-order chi connectivity index (χ0) is 18.8. The first-order valence-electron chi connectivity index (χ1n) is 8.77. The Bertz CT molecular complexity index is 656. The summed E-state index contributed by atoms with van der Waals surface area (Å²) in [5.41, 5.74) is 0.628. The van der Waals surface area contributed by atoms with Gasteiger partial charge >= 0.3 is 0 Å². The topological polar surface area (TPSA) is 76.3 Å². The molecule has 0 aromatic carbocycles. The smallest absolute Gasteiger partial charge is 0.256 e. The van der Waals surface area contributed by atoms with E-state index in [2.05, 4.69) is 4.98 Å². The molecule has 5 nitrogen and oxygen atoms in total. The maximum Gasteiger partial charge on any atom is 0.256 e. The van der Waals surface area contributed by atoms with Gasteiger partial charge in [0.2, 0.25) is 0 Å². The average molecular weight is 370 g/mol. The summed E-state index contributed by atoms with van der Waals surface area (Å²) in [5.74, 6) is -0.618. The molecule has 2 N–H and O–H groups in total. The minimum atomic E-state index is -1.42. The molecule has 2 heterocycles. The minimum absolute atomic E-state index is 0.157. The minimum Gasteiger partial charge on any atom is -0.333 e. The van der Waals surface area contributed by atoms with Gasteiger partial charge in [-0.05, 0) is 65.9 Å². The fourth-order valence-electron chi connectivity index (χ4n) is 3.29. The lowest BCUT2D eigenvalue weighted by Crippen LogP contribution is -2.38. The second-order valence-electron chi connectivity index (χ2n) is 7.55. The van der Waals surface area contributed by atoms with Crippen LogP contribution in [-0.4, -0.2) is 36.8 Å². The molecule has 1 aromatic rings. The lowest BCUT2D eigenvalue weighted by molar-refractivity contribution is 0.0692. The lowest BCUT2D eigenvalue weighted by Gasteiger charge is -2.26. The Balaban J connectivity index is 2.03. The normalized spacial score (nSPS) is 22.2. The molecule has 0 aliphatic carbocycles. The van der Waals surface area contributed by atoms with Gasteiger partial charge in [0.1, 0.15) is 5.82 Å². The fourth-order valence-corrected chi connectivity index (χ4v) is 3.64. The number of nitrogens with zero attached hydrogens (tertiary/aromatic N) is 2. The van der Waals surface area contributed by atoms with E-state index in [4.69, 9.17) is 5.14 Å². The largest absolute Gasteiger partial charge is 0.333 e. The van der Waals surface area contributed by atoms with Crippen LogP contribution < -0.4 is 5.14 Å². The predicted molar refractivity (Wildman–Crippen MR) is 97.9 cm³/mol. The van der Waals surface area contributed by atoms with Crippen molar-refractivity contribution in [1.29, 1.82) is 0 Å². The third-order valence-corrected chi connectivity index (χ3v) is 6.38. The van der Waals surface area contributed by atoms with Crippen LogP contribution in [0.25, 0.3) is 0 Å². The summed E-state index contributed by atoms with van der Waals surface area (Å²) in [7, 11) is -1.42. The van der Waals surface area contributed by atoms with Crippen LogP contribution in [0.15, 0.2) is 12.3 Å². The first kappa shape index (κ1) is 20.0. The molecule has 0 bridgehead atoms. The third-order valence-electron chi connectivity index (χ3n) is 5.09. The molecule has 7 heteroatoms. The van der Waals surface area contributed by atoms with E-state index in [1.54, 1.807) is 0 Å². The van der Waals surface area contributed by atoms with E-state index in [1.165, 1.54) is 12.3 Å². The number of carbonyl (C=O) groups is 1. The van der Waals surface area contributed by atoms with Crippen LogP contribution in [0.3, 0.4) is 0 Å². The van der Waals surface area contributed by atoms with E-state index in [0.29, 0.717) is 30.5 Å². The number of hydrogen-bond donors (Lipinski definition) is 1. The number of likely N-dealkylation sites (tertiary alicyclic amines) is 1. The van der Waals surface area contributed by atoms with Gasteiger partial charge in [0.15, 0.2) is 0 Å². The fraction of sp³-hybridized carbons (Fsp3) is 0.667. The van der Waals surface area contributed by atoms with Gasteiger partial charge in [-0.15, -0.1) is 0 Å². The Hall–Kier alpha value is -1.34. The van der Waals surface area contributed by atoms with E-state index < -0.39 is 21.5 Å². The van der Waals surface area contributed by atoms with Crippen molar-refractivity contribution in [2.45, 2.75) is 76.6 Å². The van der Waals surface area contributed by atoms with Crippen LogP contribution in [0.4, 0.5) is 4.39 Å². The standard InChI is InChI=1S/C18H28FN3O2S/c1-12-7-8-13(2)22(12)17(23)14-10-15(19)16(21-11-14)6-5-9-18(3,4)25(20)24/h10-13H,5-9,20H2,1-4H3/t12-,13+,25?. The highest BCUT2D eigenvalue weighted by atomic mass is 32.2. The number of hydrogen-bond acceptors (Lipinski definition) is 3. The summed E-state index contributed by atoms with van der Waals surface area (Å²) in [6, 6.07) is 1.63. The molecule has 140 valence electrons. The number of pyridine rings is 1. The van der Waals surface area contributed by atoms with Gasteiger partial charge in [-0.2, -0.15) is 0 Å². The molecule has 1 amide bonds. The van der Waals surface area contributed by atoms with Gasteiger partial charge in [0.05, 0.1) is 27.0 Å². The highest BCUT2D eigenvalue weighted by Gasteiger charge is 2.32.